The number of esters is 2. The van der Waals surface area contributed by atoms with Gasteiger partial charge in [0.15, 0.2) is 5.78 Å². The highest BCUT2D eigenvalue weighted by molar-refractivity contribution is 6.16. The molecule has 0 atom stereocenters. The van der Waals surface area contributed by atoms with E-state index >= 15 is 0 Å². The fourth-order valence-corrected chi connectivity index (χ4v) is 1.93. The molecular weight excluding hydrogens is 276 g/mol. The third-order valence-electron chi connectivity index (χ3n) is 2.95. The van der Waals surface area contributed by atoms with E-state index in [0.29, 0.717) is 5.75 Å². The maximum atomic E-state index is 12.0. The van der Waals surface area contributed by atoms with Gasteiger partial charge in [-0.3, -0.25) is 14.4 Å². The molecule has 1 heterocycles. The lowest BCUT2D eigenvalue weighted by Crippen LogP contribution is -2.50. The number of rotatable bonds is 4. The second-order valence-electron chi connectivity index (χ2n) is 5.20. The van der Waals surface area contributed by atoms with Gasteiger partial charge in [-0.05, 0) is 18.6 Å². The van der Waals surface area contributed by atoms with Crippen molar-refractivity contribution in [2.24, 2.45) is 5.92 Å². The smallest absolute Gasteiger partial charge is 0.331 e. The van der Waals surface area contributed by atoms with Gasteiger partial charge in [0.2, 0.25) is 5.92 Å². The average molecular weight is 292 g/mol. The SMILES string of the molecule is Cc1ccccc1OCC(=O)C1C(=O)OC(C)(C)OC1=O. The molecule has 0 unspecified atom stereocenters. The van der Waals surface area contributed by atoms with E-state index in [-0.39, 0.29) is 0 Å². The van der Waals surface area contributed by atoms with Crippen LogP contribution in [0.3, 0.4) is 0 Å². The Morgan fingerprint density at radius 1 is 1.19 bits per heavy atom. The van der Waals surface area contributed by atoms with Crippen molar-refractivity contribution >= 4 is 17.7 Å². The Morgan fingerprint density at radius 3 is 2.33 bits per heavy atom. The van der Waals surface area contributed by atoms with Gasteiger partial charge in [0.25, 0.3) is 5.79 Å². The Balaban J connectivity index is 2.02. The second kappa shape index (κ2) is 5.55. The molecule has 0 saturated carbocycles. The van der Waals surface area contributed by atoms with E-state index < -0.39 is 36.0 Å². The van der Waals surface area contributed by atoms with Crippen LogP contribution in [-0.4, -0.2) is 30.1 Å². The van der Waals surface area contributed by atoms with Crippen LogP contribution in [0.25, 0.3) is 0 Å². The van der Waals surface area contributed by atoms with E-state index in [1.54, 1.807) is 12.1 Å². The molecule has 0 N–H and O–H groups in total. The van der Waals surface area contributed by atoms with Gasteiger partial charge in [0.05, 0.1) is 0 Å². The van der Waals surface area contributed by atoms with Crippen molar-refractivity contribution in [2.75, 3.05) is 6.61 Å². The lowest BCUT2D eigenvalue weighted by molar-refractivity contribution is -0.238. The van der Waals surface area contributed by atoms with Crippen molar-refractivity contribution in [1.29, 1.82) is 0 Å². The van der Waals surface area contributed by atoms with E-state index in [1.807, 2.05) is 19.1 Å². The lowest BCUT2D eigenvalue weighted by atomic mass is 10.0. The van der Waals surface area contributed by atoms with Gasteiger partial charge in [-0.1, -0.05) is 18.2 Å². The summed E-state index contributed by atoms with van der Waals surface area (Å²) in [4.78, 5) is 35.5. The molecule has 2 rings (SSSR count). The molecule has 1 aliphatic rings. The summed E-state index contributed by atoms with van der Waals surface area (Å²) in [5.74, 6) is -4.92. The maximum absolute atomic E-state index is 12.0. The quantitative estimate of drug-likeness (QED) is 0.616. The van der Waals surface area contributed by atoms with Crippen molar-refractivity contribution in [3.05, 3.63) is 29.8 Å². The minimum Gasteiger partial charge on any atom is -0.486 e. The van der Waals surface area contributed by atoms with Crippen LogP contribution >= 0.6 is 0 Å². The third kappa shape index (κ3) is 3.39. The minimum absolute atomic E-state index is 0.403. The Hall–Kier alpha value is -2.37. The van der Waals surface area contributed by atoms with Crippen LogP contribution in [0.15, 0.2) is 24.3 Å². The van der Waals surface area contributed by atoms with Crippen LogP contribution in [0.1, 0.15) is 19.4 Å². The van der Waals surface area contributed by atoms with Crippen molar-refractivity contribution in [3.63, 3.8) is 0 Å². The number of benzene rings is 1. The normalized spacial score (nSPS) is 17.9. The first-order chi connectivity index (χ1) is 9.80. The zero-order chi connectivity index (χ0) is 15.6. The van der Waals surface area contributed by atoms with Gasteiger partial charge in [0, 0.05) is 13.8 Å². The van der Waals surface area contributed by atoms with E-state index in [4.69, 9.17) is 14.2 Å². The summed E-state index contributed by atoms with van der Waals surface area (Å²) < 4.78 is 15.1. The highest BCUT2D eigenvalue weighted by Gasteiger charge is 2.47. The summed E-state index contributed by atoms with van der Waals surface area (Å²) >= 11 is 0. The molecule has 6 nitrogen and oxygen atoms in total. The van der Waals surface area contributed by atoms with Gasteiger partial charge in [-0.2, -0.15) is 0 Å². The minimum atomic E-state index is -1.58. The van der Waals surface area contributed by atoms with Crippen LogP contribution in [0.4, 0.5) is 0 Å². The predicted octanol–water partition coefficient (Wildman–Crippen LogP) is 1.40. The van der Waals surface area contributed by atoms with Crippen LogP contribution in [-0.2, 0) is 23.9 Å². The summed E-state index contributed by atoms with van der Waals surface area (Å²) in [5, 5.41) is 0. The molecule has 0 bridgehead atoms. The van der Waals surface area contributed by atoms with E-state index in [9.17, 15) is 14.4 Å². The summed E-state index contributed by atoms with van der Waals surface area (Å²) in [7, 11) is 0. The zero-order valence-corrected chi connectivity index (χ0v) is 12.0. The third-order valence-corrected chi connectivity index (χ3v) is 2.95. The molecule has 112 valence electrons. The van der Waals surface area contributed by atoms with Crippen LogP contribution in [0, 0.1) is 12.8 Å². The molecule has 1 saturated heterocycles. The molecule has 0 spiro atoms. The standard InChI is InChI=1S/C15H16O6/c1-9-6-4-5-7-11(9)19-8-10(16)12-13(17)20-15(2,3)21-14(12)18/h4-7,12H,8H2,1-3H3. The Labute approximate surface area is 122 Å². The molecular formula is C15H16O6. The van der Waals surface area contributed by atoms with Gasteiger partial charge >= 0.3 is 11.9 Å². The van der Waals surface area contributed by atoms with Gasteiger partial charge in [0.1, 0.15) is 12.4 Å². The van der Waals surface area contributed by atoms with Crippen LogP contribution in [0.5, 0.6) is 5.75 Å². The molecule has 1 aromatic rings. The number of aryl methyl sites for hydroxylation is 1. The van der Waals surface area contributed by atoms with Crippen molar-refractivity contribution in [1.82, 2.24) is 0 Å². The molecule has 1 fully saturated rings. The molecule has 6 heteroatoms. The van der Waals surface area contributed by atoms with Gasteiger partial charge in [-0.15, -0.1) is 0 Å². The molecule has 0 aliphatic carbocycles. The Morgan fingerprint density at radius 2 is 1.76 bits per heavy atom. The van der Waals surface area contributed by atoms with Gasteiger partial charge < -0.3 is 14.2 Å². The highest BCUT2D eigenvalue weighted by Crippen LogP contribution is 2.24. The number of ether oxygens (including phenoxy) is 3. The monoisotopic (exact) mass is 292 g/mol. The first-order valence-electron chi connectivity index (χ1n) is 6.47. The fourth-order valence-electron chi connectivity index (χ4n) is 1.93. The molecule has 0 radical (unpaired) electrons. The Kier molecular flexibility index (Phi) is 3.97. The first-order valence-corrected chi connectivity index (χ1v) is 6.47. The number of ketones is 1. The van der Waals surface area contributed by atoms with Crippen molar-refractivity contribution in [3.8, 4) is 5.75 Å². The van der Waals surface area contributed by atoms with E-state index in [0.717, 1.165) is 5.56 Å². The molecule has 1 aliphatic heterocycles. The number of carbonyl (C=O) groups is 3. The zero-order valence-electron chi connectivity index (χ0n) is 12.0. The molecule has 0 aromatic heterocycles. The summed E-state index contributed by atoms with van der Waals surface area (Å²) in [6.07, 6.45) is 0. The highest BCUT2D eigenvalue weighted by atomic mass is 16.7. The van der Waals surface area contributed by atoms with Crippen molar-refractivity contribution in [2.45, 2.75) is 26.6 Å². The number of hydrogen-bond donors (Lipinski definition) is 0. The second-order valence-corrected chi connectivity index (χ2v) is 5.20. The average Bonchev–Trinajstić information content (AvgIpc) is 2.35. The molecule has 1 aromatic carbocycles. The van der Waals surface area contributed by atoms with E-state index in [1.165, 1.54) is 13.8 Å². The summed E-state index contributed by atoms with van der Waals surface area (Å²) in [6, 6.07) is 7.12. The number of para-hydroxylation sites is 1. The summed E-state index contributed by atoms with van der Waals surface area (Å²) in [6.45, 7) is 4.27. The number of carbonyl (C=O) groups excluding carboxylic acids is 3. The Bertz CT molecular complexity index is 570. The predicted molar refractivity (Wildman–Crippen MR) is 71.4 cm³/mol. The van der Waals surface area contributed by atoms with Gasteiger partial charge in [-0.25, -0.2) is 0 Å². The van der Waals surface area contributed by atoms with Crippen LogP contribution in [0.2, 0.25) is 0 Å². The van der Waals surface area contributed by atoms with Crippen molar-refractivity contribution < 1.29 is 28.6 Å². The largest absolute Gasteiger partial charge is 0.486 e. The number of hydrogen-bond acceptors (Lipinski definition) is 6. The molecule has 0 amide bonds. The van der Waals surface area contributed by atoms with E-state index in [2.05, 4.69) is 0 Å². The first kappa shape index (κ1) is 15.0. The number of cyclic esters (lactones) is 2. The maximum Gasteiger partial charge on any atom is 0.331 e. The fraction of sp³-hybridized carbons (Fsp3) is 0.400. The topological polar surface area (TPSA) is 78.9 Å². The van der Waals surface area contributed by atoms with Crippen LogP contribution < -0.4 is 4.74 Å². The lowest BCUT2D eigenvalue weighted by Gasteiger charge is -2.32. The molecule has 21 heavy (non-hydrogen) atoms. The summed E-state index contributed by atoms with van der Waals surface area (Å²) in [5.41, 5.74) is 0.847. The number of Topliss-reactive ketones (excluding diaryl/α,β-unsaturated/α-hetero) is 1.